The molecule has 1 aromatic carbocycles. The Morgan fingerprint density at radius 3 is 2.74 bits per heavy atom. The molecule has 2 N–H and O–H groups in total. The maximum absolute atomic E-state index is 10.2. The van der Waals surface area contributed by atoms with E-state index in [1.54, 1.807) is 11.1 Å². The number of fused-ring (bicyclic) bond motifs is 3. The van der Waals surface area contributed by atoms with Crippen molar-refractivity contribution in [3.63, 3.8) is 0 Å². The summed E-state index contributed by atoms with van der Waals surface area (Å²) in [5.41, 5.74) is 3.95. The van der Waals surface area contributed by atoms with E-state index < -0.39 is 0 Å². The van der Waals surface area contributed by atoms with Gasteiger partial charge in [0.2, 0.25) is 5.82 Å². The summed E-state index contributed by atoms with van der Waals surface area (Å²) in [5, 5.41) is 30.9. The van der Waals surface area contributed by atoms with Gasteiger partial charge >= 0.3 is 0 Å². The third-order valence-electron chi connectivity index (χ3n) is 7.02. The number of hydrogen-bond donors (Lipinski definition) is 2. The molecule has 176 valence electrons. The summed E-state index contributed by atoms with van der Waals surface area (Å²) in [6, 6.07) is 11.2. The zero-order valence-electron chi connectivity index (χ0n) is 19.4. The number of nitrogens with one attached hydrogen (secondary N) is 1. The number of benzene rings is 1. The van der Waals surface area contributed by atoms with Crippen molar-refractivity contribution in [3.05, 3.63) is 48.4 Å². The van der Waals surface area contributed by atoms with E-state index in [4.69, 9.17) is 0 Å². The average molecular weight is 460 g/mol. The Morgan fingerprint density at radius 1 is 1.15 bits per heavy atom. The maximum Gasteiger partial charge on any atom is 0.205 e. The number of piperidine rings is 1. The fraction of sp³-hybridized carbons (Fsp3) is 0.458. The number of hydrogen-bond acceptors (Lipinski definition) is 8. The first-order valence-electron chi connectivity index (χ1n) is 12.0. The minimum absolute atomic E-state index is 0.156. The van der Waals surface area contributed by atoms with Gasteiger partial charge in [-0.3, -0.25) is 4.90 Å². The summed E-state index contributed by atoms with van der Waals surface area (Å²) in [4.78, 5) is 8.75. The topological polar surface area (TPSA) is 109 Å². The van der Waals surface area contributed by atoms with Crippen LogP contribution in [-0.2, 0) is 6.54 Å². The molecule has 10 nitrogen and oxygen atoms in total. The fourth-order valence-corrected chi connectivity index (χ4v) is 5.37. The van der Waals surface area contributed by atoms with Gasteiger partial charge in [-0.2, -0.15) is 9.90 Å². The smallest absolute Gasteiger partial charge is 0.205 e. The van der Waals surface area contributed by atoms with Crippen LogP contribution in [0.1, 0.15) is 51.1 Å². The predicted octanol–water partition coefficient (Wildman–Crippen LogP) is 3.20. The Bertz CT molecular complexity index is 1300. The van der Waals surface area contributed by atoms with Crippen LogP contribution in [0.4, 0.5) is 11.5 Å². The summed E-state index contributed by atoms with van der Waals surface area (Å²) >= 11 is 0. The van der Waals surface area contributed by atoms with Gasteiger partial charge in [-0.25, -0.2) is 9.50 Å². The molecule has 34 heavy (non-hydrogen) atoms. The molecule has 0 aliphatic carbocycles. The molecule has 2 fully saturated rings. The first-order chi connectivity index (χ1) is 16.5. The zero-order valence-corrected chi connectivity index (χ0v) is 19.4. The Kier molecular flexibility index (Phi) is 5.26. The highest BCUT2D eigenvalue weighted by molar-refractivity contribution is 5.77. The van der Waals surface area contributed by atoms with Gasteiger partial charge < -0.3 is 10.4 Å². The first kappa shape index (κ1) is 21.2. The molecule has 2 saturated heterocycles. The highest BCUT2D eigenvalue weighted by atomic mass is 16.3. The van der Waals surface area contributed by atoms with Crippen molar-refractivity contribution in [2.45, 2.75) is 70.3 Å². The van der Waals surface area contributed by atoms with E-state index in [1.165, 1.54) is 5.56 Å². The van der Waals surface area contributed by atoms with Crippen LogP contribution < -0.4 is 5.32 Å². The monoisotopic (exact) mass is 459 g/mol. The molecule has 3 aromatic heterocycles. The van der Waals surface area contributed by atoms with Crippen LogP contribution in [0.15, 0.2) is 42.9 Å². The lowest BCUT2D eigenvalue weighted by Gasteiger charge is -2.37. The summed E-state index contributed by atoms with van der Waals surface area (Å²) < 4.78 is 1.88. The van der Waals surface area contributed by atoms with Crippen LogP contribution in [0.25, 0.3) is 16.9 Å². The van der Waals surface area contributed by atoms with Gasteiger partial charge in [0.05, 0.1) is 12.1 Å². The molecule has 2 aliphatic rings. The molecular formula is C24H29N9O. The van der Waals surface area contributed by atoms with Crippen molar-refractivity contribution in [1.29, 1.82) is 0 Å². The lowest BCUT2D eigenvalue weighted by molar-refractivity contribution is 0.0312. The highest BCUT2D eigenvalue weighted by Gasteiger charge is 2.40. The second-order valence-corrected chi connectivity index (χ2v) is 9.66. The lowest BCUT2D eigenvalue weighted by atomic mass is 9.99. The van der Waals surface area contributed by atoms with Crippen molar-refractivity contribution in [2.75, 3.05) is 5.32 Å². The largest absolute Gasteiger partial charge is 0.393 e. The van der Waals surface area contributed by atoms with Crippen molar-refractivity contribution >= 4 is 17.0 Å². The first-order valence-corrected chi connectivity index (χ1v) is 12.0. The average Bonchev–Trinajstić information content (AvgIpc) is 3.53. The molecule has 5 heterocycles. The minimum atomic E-state index is -0.163. The minimum Gasteiger partial charge on any atom is -0.393 e. The van der Waals surface area contributed by atoms with Crippen LogP contribution in [0, 0.1) is 0 Å². The molecule has 6 rings (SSSR count). The second kappa shape index (κ2) is 8.44. The summed E-state index contributed by atoms with van der Waals surface area (Å²) in [6.45, 7) is 4.88. The number of anilines is 2. The van der Waals surface area contributed by atoms with Gasteiger partial charge in [0.1, 0.15) is 11.8 Å². The predicted molar refractivity (Wildman–Crippen MR) is 128 cm³/mol. The van der Waals surface area contributed by atoms with Crippen molar-refractivity contribution < 1.29 is 5.11 Å². The Labute approximate surface area is 197 Å². The Morgan fingerprint density at radius 2 is 1.97 bits per heavy atom. The molecular weight excluding hydrogens is 430 g/mol. The molecule has 4 aromatic rings. The molecule has 0 saturated carbocycles. The van der Waals surface area contributed by atoms with E-state index in [0.29, 0.717) is 17.9 Å². The van der Waals surface area contributed by atoms with Crippen molar-refractivity contribution in [3.8, 4) is 11.4 Å². The van der Waals surface area contributed by atoms with E-state index >= 15 is 0 Å². The van der Waals surface area contributed by atoms with E-state index in [1.807, 2.05) is 48.8 Å². The van der Waals surface area contributed by atoms with Gasteiger partial charge in [0, 0.05) is 36.1 Å². The standard InChI is InChI=1S/C24H29N9O/c1-15(2)33-29-23(28-30-33)16-4-3-5-18(10-16)27-24-22-17(8-9-32(22)26-14-25-24)13-31-19-6-7-20(31)12-21(34)11-19/h3-5,8-10,14-15,19-21,34H,6-7,11-13H2,1-2H3,(H,25,26,27)/t19-,20+,21?. The van der Waals surface area contributed by atoms with Gasteiger partial charge in [-0.05, 0) is 68.5 Å². The second-order valence-electron chi connectivity index (χ2n) is 9.66. The van der Waals surface area contributed by atoms with Crippen molar-refractivity contribution in [2.24, 2.45) is 0 Å². The van der Waals surface area contributed by atoms with Crippen molar-refractivity contribution in [1.82, 2.24) is 39.7 Å². The fourth-order valence-electron chi connectivity index (χ4n) is 5.37. The van der Waals surface area contributed by atoms with Crippen LogP contribution in [0.2, 0.25) is 0 Å². The highest BCUT2D eigenvalue weighted by Crippen LogP contribution is 2.38. The summed E-state index contributed by atoms with van der Waals surface area (Å²) in [5.74, 6) is 1.35. The van der Waals surface area contributed by atoms with Gasteiger partial charge in [-0.15, -0.1) is 10.2 Å². The number of nitrogens with zero attached hydrogens (tertiary/aromatic N) is 8. The zero-order chi connectivity index (χ0) is 23.2. The maximum atomic E-state index is 10.2. The van der Waals surface area contributed by atoms with Gasteiger partial charge in [0.25, 0.3) is 0 Å². The van der Waals surface area contributed by atoms with Crippen LogP contribution in [0.3, 0.4) is 0 Å². The molecule has 2 bridgehead atoms. The van der Waals surface area contributed by atoms with E-state index in [2.05, 4.69) is 41.8 Å². The number of rotatable bonds is 6. The van der Waals surface area contributed by atoms with Crippen LogP contribution >= 0.6 is 0 Å². The molecule has 0 spiro atoms. The normalized spacial score (nSPS) is 22.6. The van der Waals surface area contributed by atoms with E-state index in [-0.39, 0.29) is 12.1 Å². The molecule has 3 atom stereocenters. The van der Waals surface area contributed by atoms with Crippen LogP contribution in [-0.4, -0.2) is 63.0 Å². The lowest BCUT2D eigenvalue weighted by Crippen LogP contribution is -2.44. The molecule has 1 unspecified atom stereocenters. The third kappa shape index (κ3) is 3.82. The molecule has 2 aliphatic heterocycles. The molecule has 0 amide bonds. The Balaban J connectivity index is 1.29. The van der Waals surface area contributed by atoms with E-state index in [9.17, 15) is 5.11 Å². The van der Waals surface area contributed by atoms with Gasteiger partial charge in [-0.1, -0.05) is 12.1 Å². The van der Waals surface area contributed by atoms with Gasteiger partial charge in [0.15, 0.2) is 5.82 Å². The summed E-state index contributed by atoms with van der Waals surface area (Å²) in [7, 11) is 0. The number of aliphatic hydroxyl groups is 1. The number of aromatic nitrogens is 7. The van der Waals surface area contributed by atoms with E-state index in [0.717, 1.165) is 54.8 Å². The molecule has 0 radical (unpaired) electrons. The number of aliphatic hydroxyl groups excluding tert-OH is 1. The third-order valence-corrected chi connectivity index (χ3v) is 7.02. The molecule has 10 heteroatoms. The number of tetrazole rings is 1. The quantitative estimate of drug-likeness (QED) is 0.452. The SMILES string of the molecule is CC(C)n1nnc(-c2cccc(Nc3ncnn4ccc(CN5[C@@H]6CC[C@H]5CC(O)C6)c34)c2)n1. The summed E-state index contributed by atoms with van der Waals surface area (Å²) in [6.07, 6.45) is 7.46. The Hall–Kier alpha value is -3.37. The van der Waals surface area contributed by atoms with Crippen LogP contribution in [0.5, 0.6) is 0 Å².